The van der Waals surface area contributed by atoms with Gasteiger partial charge in [-0.1, -0.05) is 53.6 Å². The first kappa shape index (κ1) is 25.0. The largest absolute Gasteiger partial charge is 0.492 e. The first-order valence-electron chi connectivity index (χ1n) is 13.0. The number of benzene rings is 2. The van der Waals surface area contributed by atoms with Crippen molar-refractivity contribution >= 4 is 50.9 Å². The predicted molar refractivity (Wildman–Crippen MR) is 154 cm³/mol. The molecule has 4 aromatic rings. The summed E-state index contributed by atoms with van der Waals surface area (Å²) in [5, 5.41) is 16.3. The van der Waals surface area contributed by atoms with Crippen LogP contribution in [0, 0.1) is 0 Å². The first-order valence-corrected chi connectivity index (χ1v) is 14.3. The van der Waals surface area contributed by atoms with E-state index in [2.05, 4.69) is 40.6 Å². The maximum absolute atomic E-state index is 12.6. The van der Waals surface area contributed by atoms with Gasteiger partial charge in [0.2, 0.25) is 0 Å². The van der Waals surface area contributed by atoms with E-state index < -0.39 is 11.5 Å². The van der Waals surface area contributed by atoms with Crippen molar-refractivity contribution < 1.29 is 14.6 Å². The van der Waals surface area contributed by atoms with Gasteiger partial charge in [0.15, 0.2) is 0 Å². The van der Waals surface area contributed by atoms with E-state index in [0.717, 1.165) is 47.3 Å². The third-order valence-corrected chi connectivity index (χ3v) is 9.30. The van der Waals surface area contributed by atoms with Crippen LogP contribution in [0.25, 0.3) is 16.3 Å². The number of aliphatic carboxylic acids is 1. The lowest BCUT2D eigenvalue weighted by Crippen LogP contribution is -2.52. The van der Waals surface area contributed by atoms with Gasteiger partial charge in [0.05, 0.1) is 16.8 Å². The number of rotatable bonds is 8. The molecule has 38 heavy (non-hydrogen) atoms. The molecule has 2 heterocycles. The van der Waals surface area contributed by atoms with Crippen molar-refractivity contribution in [3.05, 3.63) is 94.0 Å². The van der Waals surface area contributed by atoms with E-state index in [9.17, 15) is 9.90 Å². The summed E-state index contributed by atoms with van der Waals surface area (Å²) < 4.78 is 7.26. The van der Waals surface area contributed by atoms with Crippen LogP contribution in [0.2, 0.25) is 5.02 Å². The normalized spacial score (nSPS) is 22.3. The first-order chi connectivity index (χ1) is 18.5. The van der Waals surface area contributed by atoms with Crippen molar-refractivity contribution in [2.75, 3.05) is 11.9 Å². The number of nitrogens with one attached hydrogen (secondary N) is 1. The van der Waals surface area contributed by atoms with Crippen LogP contribution < -0.4 is 10.1 Å². The number of halogens is 1. The lowest BCUT2D eigenvalue weighted by atomic mass is 9.61. The number of hydrogen-bond acceptors (Lipinski definition) is 5. The van der Waals surface area contributed by atoms with Gasteiger partial charge in [-0.3, -0.25) is 4.98 Å². The van der Waals surface area contributed by atoms with Crippen molar-refractivity contribution in [1.82, 2.24) is 4.98 Å². The van der Waals surface area contributed by atoms with Crippen molar-refractivity contribution in [3.63, 3.8) is 0 Å². The molecule has 0 atom stereocenters. The van der Waals surface area contributed by atoms with Gasteiger partial charge >= 0.3 is 5.97 Å². The van der Waals surface area contributed by atoms with Gasteiger partial charge in [-0.2, -0.15) is 0 Å². The van der Waals surface area contributed by atoms with Crippen LogP contribution in [0.3, 0.4) is 0 Å². The Morgan fingerprint density at radius 1 is 1.08 bits per heavy atom. The molecule has 0 unspecified atom stereocenters. The third kappa shape index (κ3) is 4.46. The number of hydrogen-bond donors (Lipinski definition) is 2. The number of aromatic nitrogens is 1. The molecule has 2 aliphatic rings. The molecule has 0 radical (unpaired) electrons. The zero-order valence-corrected chi connectivity index (χ0v) is 22.5. The molecule has 2 aromatic carbocycles. The Morgan fingerprint density at radius 3 is 2.74 bits per heavy atom. The molecular weight excluding hydrogens is 516 g/mol. The summed E-state index contributed by atoms with van der Waals surface area (Å²) in [4.78, 5) is 17.0. The van der Waals surface area contributed by atoms with Gasteiger partial charge < -0.3 is 15.2 Å². The number of fused-ring (bicyclic) bond motifs is 3. The van der Waals surface area contributed by atoms with E-state index in [0.29, 0.717) is 24.5 Å². The van der Waals surface area contributed by atoms with E-state index in [1.807, 2.05) is 29.6 Å². The van der Waals surface area contributed by atoms with Gasteiger partial charge in [0.25, 0.3) is 0 Å². The lowest BCUT2D eigenvalue weighted by molar-refractivity contribution is -0.143. The molecule has 194 valence electrons. The van der Waals surface area contributed by atoms with Gasteiger partial charge in [-0.15, -0.1) is 11.3 Å². The quantitative estimate of drug-likeness (QED) is 0.220. The van der Waals surface area contributed by atoms with E-state index in [1.54, 1.807) is 29.7 Å². The minimum absolute atomic E-state index is 0.136. The van der Waals surface area contributed by atoms with E-state index in [4.69, 9.17) is 16.3 Å². The maximum atomic E-state index is 12.6. The minimum Gasteiger partial charge on any atom is -0.492 e. The number of pyridine rings is 1. The SMILES string of the molecule is O=C(O)C1(Nc2cccc(Cl)c2)CCC2(CC1)C(CCCOc1ccnc3ccsc13)=Cc1ccccc12. The van der Waals surface area contributed by atoms with Crippen LogP contribution in [-0.2, 0) is 10.2 Å². The molecule has 7 heteroatoms. The highest BCUT2D eigenvalue weighted by Crippen LogP contribution is 2.54. The number of anilines is 1. The summed E-state index contributed by atoms with van der Waals surface area (Å²) in [5.41, 5.74) is 4.52. The fourth-order valence-corrected chi connectivity index (χ4v) is 7.21. The second-order valence-corrected chi connectivity index (χ2v) is 11.6. The van der Waals surface area contributed by atoms with Gasteiger partial charge in [0, 0.05) is 22.3 Å². The van der Waals surface area contributed by atoms with E-state index >= 15 is 0 Å². The molecule has 5 nitrogen and oxygen atoms in total. The molecule has 0 amide bonds. The second-order valence-electron chi connectivity index (χ2n) is 10.3. The minimum atomic E-state index is -1.02. The number of carbonyl (C=O) groups is 1. The molecule has 6 rings (SSSR count). The highest BCUT2D eigenvalue weighted by atomic mass is 35.5. The van der Waals surface area contributed by atoms with Crippen LogP contribution in [0.5, 0.6) is 5.75 Å². The van der Waals surface area contributed by atoms with Crippen LogP contribution in [0.1, 0.15) is 49.7 Å². The monoisotopic (exact) mass is 544 g/mol. The standard InChI is InChI=1S/C31H29ClN2O3S/c32-23-7-3-8-24(20-23)34-31(29(35)36)14-12-30(13-15-31)22(19-21-5-1-2-9-25(21)30)6-4-17-37-27-10-16-33-26-11-18-38-28(26)27/h1-3,5,7-11,16,18-20,34H,4,6,12-15,17H2,(H,35,36). The topological polar surface area (TPSA) is 71.5 Å². The van der Waals surface area contributed by atoms with Crippen molar-refractivity contribution in [2.24, 2.45) is 0 Å². The summed E-state index contributed by atoms with van der Waals surface area (Å²) in [7, 11) is 0. The number of carboxylic acid groups (broad SMARTS) is 1. The fourth-order valence-electron chi connectivity index (χ4n) is 6.21. The molecular formula is C31H29ClN2O3S. The molecule has 2 aliphatic carbocycles. The molecule has 1 fully saturated rings. The molecule has 0 bridgehead atoms. The zero-order chi connectivity index (χ0) is 26.2. The second kappa shape index (κ2) is 10.1. The summed E-state index contributed by atoms with van der Waals surface area (Å²) >= 11 is 7.83. The zero-order valence-electron chi connectivity index (χ0n) is 21.0. The number of allylic oxidation sites excluding steroid dienone is 1. The molecule has 2 aromatic heterocycles. The number of carboxylic acids is 1. The Morgan fingerprint density at radius 2 is 1.92 bits per heavy atom. The van der Waals surface area contributed by atoms with Gasteiger partial charge in [0.1, 0.15) is 11.3 Å². The third-order valence-electron chi connectivity index (χ3n) is 8.15. The smallest absolute Gasteiger partial charge is 0.329 e. The molecule has 0 aliphatic heterocycles. The van der Waals surface area contributed by atoms with E-state index in [1.165, 1.54) is 16.7 Å². The highest BCUT2D eigenvalue weighted by Gasteiger charge is 2.51. The van der Waals surface area contributed by atoms with Crippen molar-refractivity contribution in [1.29, 1.82) is 0 Å². The lowest BCUT2D eigenvalue weighted by Gasteiger charge is -2.45. The Labute approximate surface area is 231 Å². The van der Waals surface area contributed by atoms with E-state index in [-0.39, 0.29) is 5.41 Å². The average Bonchev–Trinajstić information content (AvgIpc) is 3.52. The summed E-state index contributed by atoms with van der Waals surface area (Å²) in [6.45, 7) is 0.621. The van der Waals surface area contributed by atoms with Gasteiger partial charge in [-0.05, 0) is 85.4 Å². The summed E-state index contributed by atoms with van der Waals surface area (Å²) in [6, 6.07) is 19.8. The average molecular weight is 545 g/mol. The Hall–Kier alpha value is -3.35. The van der Waals surface area contributed by atoms with Crippen molar-refractivity contribution in [2.45, 2.75) is 49.5 Å². The molecule has 1 spiro atoms. The van der Waals surface area contributed by atoms with Crippen LogP contribution in [-0.4, -0.2) is 28.2 Å². The number of thiophene rings is 1. The van der Waals surface area contributed by atoms with Gasteiger partial charge in [-0.25, -0.2) is 4.79 Å². The number of nitrogens with zero attached hydrogens (tertiary/aromatic N) is 1. The van der Waals surface area contributed by atoms with Crippen molar-refractivity contribution in [3.8, 4) is 5.75 Å². The Balaban J connectivity index is 1.19. The highest BCUT2D eigenvalue weighted by molar-refractivity contribution is 7.17. The maximum Gasteiger partial charge on any atom is 0.329 e. The fraction of sp³-hybridized carbons (Fsp3) is 0.290. The van der Waals surface area contributed by atoms with Crippen LogP contribution in [0.4, 0.5) is 5.69 Å². The Bertz CT molecular complexity index is 1520. The Kier molecular flexibility index (Phi) is 6.62. The molecule has 1 saturated carbocycles. The summed E-state index contributed by atoms with van der Waals surface area (Å²) in [5.74, 6) is 0.0779. The number of ether oxygens (including phenoxy) is 1. The predicted octanol–water partition coefficient (Wildman–Crippen LogP) is 7.95. The summed E-state index contributed by atoms with van der Waals surface area (Å²) in [6.07, 6.45) is 8.54. The molecule has 0 saturated heterocycles. The molecule has 2 N–H and O–H groups in total. The van der Waals surface area contributed by atoms with Crippen LogP contribution >= 0.6 is 22.9 Å². The van der Waals surface area contributed by atoms with Crippen LogP contribution in [0.15, 0.2) is 77.8 Å².